The Bertz CT molecular complexity index is 647. The smallest absolute Gasteiger partial charge is 0.197 e. The lowest BCUT2D eigenvalue weighted by atomic mass is 9.99. The van der Waals surface area contributed by atoms with Gasteiger partial charge >= 0.3 is 0 Å². The highest BCUT2D eigenvalue weighted by molar-refractivity contribution is 9.10. The number of benzene rings is 2. The zero-order valence-electron chi connectivity index (χ0n) is 11.9. The van der Waals surface area contributed by atoms with Gasteiger partial charge < -0.3 is 4.74 Å². The van der Waals surface area contributed by atoms with Crippen LogP contribution in [0.4, 0.5) is 0 Å². The van der Waals surface area contributed by atoms with E-state index in [-0.39, 0.29) is 5.78 Å². The molecule has 0 saturated carbocycles. The van der Waals surface area contributed by atoms with Crippen LogP contribution < -0.4 is 4.74 Å². The summed E-state index contributed by atoms with van der Waals surface area (Å²) >= 11 is 3.45. The molecule has 0 aliphatic rings. The minimum atomic E-state index is -0.0206. The lowest BCUT2D eigenvalue weighted by molar-refractivity contribution is 0.103. The molecule has 0 aliphatic carbocycles. The van der Waals surface area contributed by atoms with Gasteiger partial charge in [-0.2, -0.15) is 0 Å². The standard InChI is InChI=1S/C17H17BrO2/c1-4-20-16-8-6-12(3)10-14(16)17(19)13-9-11(2)5-7-15(13)18/h5-10H,4H2,1-3H3. The van der Waals surface area contributed by atoms with Crippen LogP contribution in [0.25, 0.3) is 0 Å². The Morgan fingerprint density at radius 2 is 1.65 bits per heavy atom. The summed E-state index contributed by atoms with van der Waals surface area (Å²) < 4.78 is 6.37. The number of halogens is 1. The lowest BCUT2D eigenvalue weighted by Gasteiger charge is -2.11. The third kappa shape index (κ3) is 3.10. The van der Waals surface area contributed by atoms with Gasteiger partial charge in [-0.3, -0.25) is 4.79 Å². The van der Waals surface area contributed by atoms with Crippen molar-refractivity contribution in [3.8, 4) is 5.75 Å². The number of ether oxygens (including phenoxy) is 1. The summed E-state index contributed by atoms with van der Waals surface area (Å²) in [6.45, 7) is 6.40. The third-order valence-electron chi connectivity index (χ3n) is 3.05. The van der Waals surface area contributed by atoms with Crippen molar-refractivity contribution in [2.24, 2.45) is 0 Å². The molecule has 0 fully saturated rings. The summed E-state index contributed by atoms with van der Waals surface area (Å²) in [5, 5.41) is 0. The topological polar surface area (TPSA) is 26.3 Å². The molecule has 0 aliphatic heterocycles. The van der Waals surface area contributed by atoms with Gasteiger partial charge in [0.05, 0.1) is 12.2 Å². The van der Waals surface area contributed by atoms with Crippen LogP contribution in [-0.2, 0) is 0 Å². The van der Waals surface area contributed by atoms with E-state index in [9.17, 15) is 4.79 Å². The minimum Gasteiger partial charge on any atom is -0.493 e. The molecule has 0 amide bonds. The Balaban J connectivity index is 2.52. The number of hydrogen-bond acceptors (Lipinski definition) is 2. The van der Waals surface area contributed by atoms with Gasteiger partial charge in [0, 0.05) is 10.0 Å². The zero-order chi connectivity index (χ0) is 14.7. The van der Waals surface area contributed by atoms with Gasteiger partial charge in [-0.05, 0) is 45.0 Å². The van der Waals surface area contributed by atoms with Crippen LogP contribution in [-0.4, -0.2) is 12.4 Å². The molecule has 0 N–H and O–H groups in total. The fraction of sp³-hybridized carbons (Fsp3) is 0.235. The summed E-state index contributed by atoms with van der Waals surface area (Å²) in [4.78, 5) is 12.8. The van der Waals surface area contributed by atoms with Crippen molar-refractivity contribution in [2.75, 3.05) is 6.61 Å². The highest BCUT2D eigenvalue weighted by atomic mass is 79.9. The molecule has 0 bridgehead atoms. The van der Waals surface area contributed by atoms with Gasteiger partial charge in [-0.15, -0.1) is 0 Å². The number of hydrogen-bond donors (Lipinski definition) is 0. The quantitative estimate of drug-likeness (QED) is 0.759. The maximum atomic E-state index is 12.8. The molecule has 20 heavy (non-hydrogen) atoms. The summed E-state index contributed by atoms with van der Waals surface area (Å²) in [6, 6.07) is 11.5. The second-order valence-corrected chi connectivity index (χ2v) is 5.60. The molecule has 2 aromatic rings. The van der Waals surface area contributed by atoms with E-state index < -0.39 is 0 Å². The Hall–Kier alpha value is -1.61. The third-order valence-corrected chi connectivity index (χ3v) is 3.74. The minimum absolute atomic E-state index is 0.0206. The lowest BCUT2D eigenvalue weighted by Crippen LogP contribution is -2.07. The van der Waals surface area contributed by atoms with Crippen LogP contribution >= 0.6 is 15.9 Å². The fourth-order valence-corrected chi connectivity index (χ4v) is 2.49. The van der Waals surface area contributed by atoms with Crippen LogP contribution in [0.2, 0.25) is 0 Å². The van der Waals surface area contributed by atoms with Crippen molar-refractivity contribution >= 4 is 21.7 Å². The van der Waals surface area contributed by atoms with Crippen molar-refractivity contribution < 1.29 is 9.53 Å². The second kappa shape index (κ2) is 6.23. The molecule has 104 valence electrons. The van der Waals surface area contributed by atoms with Gasteiger partial charge in [0.2, 0.25) is 0 Å². The Morgan fingerprint density at radius 3 is 2.30 bits per heavy atom. The number of aryl methyl sites for hydroxylation is 2. The van der Waals surface area contributed by atoms with Crippen LogP contribution in [0.3, 0.4) is 0 Å². The van der Waals surface area contributed by atoms with Crippen LogP contribution in [0, 0.1) is 13.8 Å². The molecular formula is C17H17BrO2. The van der Waals surface area contributed by atoms with E-state index in [1.54, 1.807) is 0 Å². The Morgan fingerprint density at radius 1 is 1.05 bits per heavy atom. The average Bonchev–Trinajstić information content (AvgIpc) is 2.43. The van der Waals surface area contributed by atoms with Gasteiger partial charge in [0.25, 0.3) is 0 Å². The fourth-order valence-electron chi connectivity index (χ4n) is 2.06. The molecule has 2 nitrogen and oxygen atoms in total. The largest absolute Gasteiger partial charge is 0.493 e. The van der Waals surface area contributed by atoms with E-state index in [0.717, 1.165) is 15.6 Å². The average molecular weight is 333 g/mol. The normalized spacial score (nSPS) is 10.4. The highest BCUT2D eigenvalue weighted by Gasteiger charge is 2.17. The van der Waals surface area contributed by atoms with Crippen molar-refractivity contribution in [3.05, 3.63) is 63.1 Å². The summed E-state index contributed by atoms with van der Waals surface area (Å²) in [5.74, 6) is 0.615. The molecule has 0 radical (unpaired) electrons. The van der Waals surface area contributed by atoms with E-state index >= 15 is 0 Å². The van der Waals surface area contributed by atoms with Gasteiger partial charge in [0.1, 0.15) is 5.75 Å². The summed E-state index contributed by atoms with van der Waals surface area (Å²) in [5.41, 5.74) is 3.37. The van der Waals surface area contributed by atoms with Gasteiger partial charge in [0.15, 0.2) is 5.78 Å². The predicted molar refractivity (Wildman–Crippen MR) is 84.7 cm³/mol. The molecule has 2 rings (SSSR count). The molecule has 0 heterocycles. The maximum Gasteiger partial charge on any atom is 0.197 e. The van der Waals surface area contributed by atoms with Crippen molar-refractivity contribution in [1.29, 1.82) is 0 Å². The number of rotatable bonds is 4. The monoisotopic (exact) mass is 332 g/mol. The highest BCUT2D eigenvalue weighted by Crippen LogP contribution is 2.27. The molecular weight excluding hydrogens is 316 g/mol. The van der Waals surface area contributed by atoms with Gasteiger partial charge in [-0.1, -0.05) is 39.2 Å². The molecule has 0 saturated heterocycles. The van der Waals surface area contributed by atoms with E-state index in [1.165, 1.54) is 0 Å². The number of carbonyl (C=O) groups excluding carboxylic acids is 1. The first kappa shape index (κ1) is 14.8. The van der Waals surface area contributed by atoms with E-state index in [2.05, 4.69) is 15.9 Å². The molecule has 0 spiro atoms. The summed E-state index contributed by atoms with van der Waals surface area (Å²) in [6.07, 6.45) is 0. The molecule has 2 aromatic carbocycles. The van der Waals surface area contributed by atoms with E-state index in [4.69, 9.17) is 4.74 Å². The van der Waals surface area contributed by atoms with E-state index in [1.807, 2.05) is 57.2 Å². The number of carbonyl (C=O) groups is 1. The first-order valence-corrected chi connectivity index (χ1v) is 7.36. The first-order chi connectivity index (χ1) is 9.52. The second-order valence-electron chi connectivity index (χ2n) is 4.75. The molecule has 0 unspecified atom stereocenters. The van der Waals surface area contributed by atoms with Gasteiger partial charge in [-0.25, -0.2) is 0 Å². The van der Waals surface area contributed by atoms with Crippen molar-refractivity contribution in [1.82, 2.24) is 0 Å². The molecule has 0 aromatic heterocycles. The molecule has 0 atom stereocenters. The predicted octanol–water partition coefficient (Wildman–Crippen LogP) is 4.70. The van der Waals surface area contributed by atoms with Crippen molar-refractivity contribution in [3.63, 3.8) is 0 Å². The maximum absolute atomic E-state index is 12.8. The number of ketones is 1. The SMILES string of the molecule is CCOc1ccc(C)cc1C(=O)c1cc(C)ccc1Br. The molecule has 3 heteroatoms. The van der Waals surface area contributed by atoms with Crippen LogP contribution in [0.1, 0.15) is 34.0 Å². The van der Waals surface area contributed by atoms with E-state index in [0.29, 0.717) is 23.5 Å². The van der Waals surface area contributed by atoms with Crippen LogP contribution in [0.5, 0.6) is 5.75 Å². The Kier molecular flexibility index (Phi) is 4.61. The van der Waals surface area contributed by atoms with Crippen molar-refractivity contribution in [2.45, 2.75) is 20.8 Å². The zero-order valence-corrected chi connectivity index (χ0v) is 13.5. The first-order valence-electron chi connectivity index (χ1n) is 6.57. The Labute approximate surface area is 127 Å². The summed E-state index contributed by atoms with van der Waals surface area (Å²) in [7, 11) is 0. The van der Waals surface area contributed by atoms with Crippen LogP contribution in [0.15, 0.2) is 40.9 Å².